The summed E-state index contributed by atoms with van der Waals surface area (Å²) in [5.41, 5.74) is 9.84. The van der Waals surface area contributed by atoms with Gasteiger partial charge in [-0.1, -0.05) is 19.3 Å². The maximum atomic E-state index is 11.8. The van der Waals surface area contributed by atoms with Crippen molar-refractivity contribution < 1.29 is 24.6 Å². The molecule has 1 saturated carbocycles. The number of aromatic nitrogens is 1. The fraction of sp³-hybridized carbons (Fsp3) is 0.550. The van der Waals surface area contributed by atoms with Gasteiger partial charge in [0.15, 0.2) is 0 Å². The summed E-state index contributed by atoms with van der Waals surface area (Å²) in [6.45, 7) is 0.442. The maximum Gasteiger partial charge on any atom is 0.324 e. The number of carboxylic acids is 2. The van der Waals surface area contributed by atoms with Crippen molar-refractivity contribution in [3.8, 4) is 0 Å². The van der Waals surface area contributed by atoms with Crippen molar-refractivity contribution in [3.63, 3.8) is 0 Å². The Bertz CT molecular complexity index is 758. The number of likely N-dealkylation sites (tertiary alicyclic amines) is 1. The fourth-order valence-corrected chi connectivity index (χ4v) is 4.44. The first-order chi connectivity index (χ1) is 14.2. The summed E-state index contributed by atoms with van der Waals surface area (Å²) in [5, 5.41) is 25.6. The highest BCUT2D eigenvalue weighted by Crippen LogP contribution is 2.43. The third-order valence-corrected chi connectivity index (χ3v) is 5.85. The van der Waals surface area contributed by atoms with Crippen LogP contribution in [0.4, 0.5) is 0 Å². The normalized spacial score (nSPS) is 22.0. The van der Waals surface area contributed by atoms with Crippen LogP contribution in [0.15, 0.2) is 18.3 Å². The zero-order valence-electron chi connectivity index (χ0n) is 16.8. The second kappa shape index (κ2) is 10.1. The second-order valence-electron chi connectivity index (χ2n) is 7.69. The summed E-state index contributed by atoms with van der Waals surface area (Å²) < 4.78 is 0. The van der Waals surface area contributed by atoms with E-state index in [1.807, 2.05) is 0 Å². The van der Waals surface area contributed by atoms with Crippen molar-refractivity contribution in [2.24, 2.45) is 17.4 Å². The van der Waals surface area contributed by atoms with Crippen LogP contribution in [0, 0.1) is 11.3 Å². The number of amides is 1. The fourth-order valence-electron chi connectivity index (χ4n) is 4.44. The van der Waals surface area contributed by atoms with Crippen molar-refractivity contribution in [2.45, 2.75) is 50.5 Å². The van der Waals surface area contributed by atoms with Gasteiger partial charge in [-0.05, 0) is 50.3 Å². The number of amidine groups is 1. The molecule has 3 rings (SSSR count). The quantitative estimate of drug-likeness (QED) is 0.334. The van der Waals surface area contributed by atoms with E-state index in [2.05, 4.69) is 4.98 Å². The van der Waals surface area contributed by atoms with Gasteiger partial charge in [0.05, 0.1) is 12.1 Å². The highest BCUT2D eigenvalue weighted by Gasteiger charge is 2.53. The summed E-state index contributed by atoms with van der Waals surface area (Å²) in [4.78, 5) is 38.7. The molecule has 1 atom stereocenters. The van der Waals surface area contributed by atoms with Crippen LogP contribution in [0.3, 0.4) is 0 Å². The molecule has 0 spiro atoms. The lowest BCUT2D eigenvalue weighted by Crippen LogP contribution is -2.57. The van der Waals surface area contributed by atoms with Gasteiger partial charge in [-0.2, -0.15) is 0 Å². The van der Waals surface area contributed by atoms with Crippen LogP contribution >= 0.6 is 0 Å². The molecule has 1 amide bonds. The average molecular weight is 419 g/mol. The predicted molar refractivity (Wildman–Crippen MR) is 109 cm³/mol. The number of hydrogen-bond donors (Lipinski definition) is 5. The van der Waals surface area contributed by atoms with Crippen LogP contribution in [0.1, 0.15) is 61.0 Å². The number of nitrogen functional groups attached to an aromatic ring is 1. The maximum absolute atomic E-state index is 11.8. The summed E-state index contributed by atoms with van der Waals surface area (Å²) in [6.07, 6.45) is 7.83. The number of hydrogen-bond acceptors (Lipinski definition) is 6. The van der Waals surface area contributed by atoms with Gasteiger partial charge < -0.3 is 21.7 Å². The molecule has 1 aliphatic heterocycles. The number of nitrogens with two attached hydrogens (primary N) is 2. The lowest BCUT2D eigenvalue weighted by atomic mass is 9.73. The Balaban J connectivity index is 0.000000232. The van der Waals surface area contributed by atoms with E-state index >= 15 is 0 Å². The molecule has 30 heavy (non-hydrogen) atoms. The zero-order valence-corrected chi connectivity index (χ0v) is 16.8. The molecular formula is C20H29N5O5. The Labute approximate surface area is 174 Å². The van der Waals surface area contributed by atoms with Crippen LogP contribution in [-0.2, 0) is 9.59 Å². The smallest absolute Gasteiger partial charge is 0.324 e. The number of nitrogens with one attached hydrogen (secondary N) is 1. The number of rotatable bonds is 6. The van der Waals surface area contributed by atoms with Crippen LogP contribution in [0.5, 0.6) is 0 Å². The molecule has 2 fully saturated rings. The number of carbonyl (C=O) groups is 3. The van der Waals surface area contributed by atoms with Gasteiger partial charge in [-0.3, -0.25) is 29.7 Å². The minimum absolute atomic E-state index is 0.116. The molecule has 0 aromatic carbocycles. The molecule has 0 radical (unpaired) electrons. The predicted octanol–water partition coefficient (Wildman–Crippen LogP) is 1.04. The number of pyridine rings is 1. The number of primary amides is 1. The Morgan fingerprint density at radius 3 is 2.27 bits per heavy atom. The molecule has 2 heterocycles. The highest BCUT2D eigenvalue weighted by molar-refractivity contribution is 5.95. The van der Waals surface area contributed by atoms with Gasteiger partial charge in [-0.25, -0.2) is 0 Å². The lowest BCUT2D eigenvalue weighted by molar-refractivity contribution is -0.157. The minimum atomic E-state index is -0.932. The van der Waals surface area contributed by atoms with Gasteiger partial charge in [0.2, 0.25) is 5.91 Å². The third kappa shape index (κ3) is 5.32. The van der Waals surface area contributed by atoms with E-state index < -0.39 is 23.4 Å². The average Bonchev–Trinajstić information content (AvgIpc) is 3.13. The SMILES string of the molecule is N=C(N)c1ccc(C(N)=O)cn1.O=C(O)CN1CCC[C@]1(C(=O)O)C1CCCCC1. The Hall–Kier alpha value is -3.01. The molecule has 0 unspecified atom stereocenters. The molecule has 164 valence electrons. The van der Waals surface area contributed by atoms with Crippen LogP contribution in [0.2, 0.25) is 0 Å². The van der Waals surface area contributed by atoms with Crippen LogP contribution in [0.25, 0.3) is 0 Å². The topological polar surface area (TPSA) is 184 Å². The third-order valence-electron chi connectivity index (χ3n) is 5.85. The molecular weight excluding hydrogens is 390 g/mol. The van der Waals surface area contributed by atoms with Crippen LogP contribution in [-0.4, -0.2) is 62.4 Å². The van der Waals surface area contributed by atoms with Crippen molar-refractivity contribution in [1.29, 1.82) is 5.41 Å². The molecule has 1 aromatic heterocycles. The first-order valence-corrected chi connectivity index (χ1v) is 9.99. The van der Waals surface area contributed by atoms with E-state index in [1.54, 1.807) is 4.90 Å². The summed E-state index contributed by atoms with van der Waals surface area (Å²) in [7, 11) is 0. The first-order valence-electron chi connectivity index (χ1n) is 9.99. The Morgan fingerprint density at radius 1 is 1.13 bits per heavy atom. The largest absolute Gasteiger partial charge is 0.480 e. The Kier molecular flexibility index (Phi) is 7.87. The zero-order chi connectivity index (χ0) is 22.3. The van der Waals surface area contributed by atoms with Crippen molar-refractivity contribution in [1.82, 2.24) is 9.88 Å². The van der Waals surface area contributed by atoms with E-state index in [0.717, 1.165) is 32.1 Å². The summed E-state index contributed by atoms with van der Waals surface area (Å²) in [6, 6.07) is 2.95. The number of nitrogens with zero attached hydrogens (tertiary/aromatic N) is 2. The van der Waals surface area contributed by atoms with Gasteiger partial charge in [-0.15, -0.1) is 0 Å². The number of aliphatic carboxylic acids is 2. The molecule has 10 heteroatoms. The second-order valence-corrected chi connectivity index (χ2v) is 7.69. The van der Waals surface area contributed by atoms with Crippen LogP contribution < -0.4 is 11.5 Å². The molecule has 10 nitrogen and oxygen atoms in total. The first kappa shape index (κ1) is 23.3. The lowest BCUT2D eigenvalue weighted by Gasteiger charge is -2.42. The number of carboxylic acid groups (broad SMARTS) is 2. The monoisotopic (exact) mass is 419 g/mol. The van der Waals surface area contributed by atoms with Gasteiger partial charge in [0.1, 0.15) is 17.1 Å². The Morgan fingerprint density at radius 2 is 1.80 bits per heavy atom. The molecule has 1 aromatic rings. The van der Waals surface area contributed by atoms with E-state index in [1.165, 1.54) is 24.8 Å². The minimum Gasteiger partial charge on any atom is -0.480 e. The molecule has 1 saturated heterocycles. The molecule has 2 aliphatic rings. The van der Waals surface area contributed by atoms with E-state index in [-0.39, 0.29) is 18.3 Å². The van der Waals surface area contributed by atoms with Gasteiger partial charge >= 0.3 is 11.9 Å². The molecule has 0 bridgehead atoms. The molecule has 7 N–H and O–H groups in total. The summed E-state index contributed by atoms with van der Waals surface area (Å²) >= 11 is 0. The van der Waals surface area contributed by atoms with Crippen molar-refractivity contribution in [2.75, 3.05) is 13.1 Å². The number of carbonyl (C=O) groups excluding carboxylic acids is 1. The van der Waals surface area contributed by atoms with E-state index in [9.17, 15) is 19.5 Å². The summed E-state index contributed by atoms with van der Waals surface area (Å²) in [5.74, 6) is -2.32. The highest BCUT2D eigenvalue weighted by atomic mass is 16.4. The van der Waals surface area contributed by atoms with Crippen molar-refractivity contribution >= 4 is 23.7 Å². The van der Waals surface area contributed by atoms with Gasteiger partial charge in [0.25, 0.3) is 0 Å². The standard InChI is InChI=1S/C13H21NO4.C7H8N4O/c15-11(16)9-14-8-4-7-13(14,12(17)18)10-5-2-1-3-6-10;8-6(9)5-2-1-4(3-11-5)7(10)12/h10H,1-9H2,(H,15,16)(H,17,18);1-3H,(H3,8,9)(H2,10,12)/t13-;/m1./s1. The van der Waals surface area contributed by atoms with E-state index in [0.29, 0.717) is 24.2 Å². The van der Waals surface area contributed by atoms with E-state index in [4.69, 9.17) is 22.0 Å². The van der Waals surface area contributed by atoms with Gasteiger partial charge in [0, 0.05) is 6.20 Å². The van der Waals surface area contributed by atoms with Crippen molar-refractivity contribution in [3.05, 3.63) is 29.6 Å². The molecule has 1 aliphatic carbocycles.